The highest BCUT2D eigenvalue weighted by atomic mass is 19.1. The molecular formula is C23H17F2N7O2. The van der Waals surface area contributed by atoms with Gasteiger partial charge in [0.15, 0.2) is 11.5 Å². The number of carbonyl (C=O) groups excluding carboxylic acids is 2. The van der Waals surface area contributed by atoms with Crippen molar-refractivity contribution in [1.29, 1.82) is 0 Å². The Morgan fingerprint density at radius 3 is 2.68 bits per heavy atom. The minimum Gasteiger partial charge on any atom is -0.310 e. The number of nitrogens with zero attached hydrogens (tertiary/aromatic N) is 5. The summed E-state index contributed by atoms with van der Waals surface area (Å²) in [6, 6.07) is 7.50. The maximum absolute atomic E-state index is 14.3. The van der Waals surface area contributed by atoms with Gasteiger partial charge in [-0.2, -0.15) is 5.10 Å². The second-order valence-corrected chi connectivity index (χ2v) is 8.58. The molecule has 9 nitrogen and oxygen atoms in total. The summed E-state index contributed by atoms with van der Waals surface area (Å²) in [5.74, 6) is -0.973. The van der Waals surface area contributed by atoms with Crippen molar-refractivity contribution < 1.29 is 18.4 Å². The number of fused-ring (bicyclic) bond motifs is 1. The first-order chi connectivity index (χ1) is 16.3. The highest BCUT2D eigenvalue weighted by Gasteiger charge is 2.48. The monoisotopic (exact) mass is 461 g/mol. The number of benzene rings is 1. The molecule has 170 valence electrons. The molecule has 11 heteroatoms. The fourth-order valence-corrected chi connectivity index (χ4v) is 4.52. The summed E-state index contributed by atoms with van der Waals surface area (Å²) >= 11 is 0. The molecule has 2 N–H and O–H groups in total. The van der Waals surface area contributed by atoms with Crippen molar-refractivity contribution in [1.82, 2.24) is 24.7 Å². The number of aromatic nitrogens is 5. The van der Waals surface area contributed by atoms with E-state index in [1.807, 2.05) is 0 Å². The first-order valence-electron chi connectivity index (χ1n) is 10.6. The number of nitrogens with one attached hydrogen (secondary N) is 2. The SMILES string of the molecule is C[C@]12CCC(=O)Nc3nc(-c4nn(Cc5ccccc5F)c5ncc(F)cc45)nc(c31)NC2=O. The smallest absolute Gasteiger partial charge is 0.236 e. The van der Waals surface area contributed by atoms with Crippen molar-refractivity contribution >= 4 is 34.5 Å². The lowest BCUT2D eigenvalue weighted by Crippen LogP contribution is -2.30. The molecule has 2 aliphatic rings. The zero-order valence-electron chi connectivity index (χ0n) is 17.9. The van der Waals surface area contributed by atoms with Crippen molar-refractivity contribution in [2.24, 2.45) is 0 Å². The van der Waals surface area contributed by atoms with Gasteiger partial charge in [0, 0.05) is 12.0 Å². The minimum atomic E-state index is -0.942. The largest absolute Gasteiger partial charge is 0.310 e. The molecule has 1 atom stereocenters. The van der Waals surface area contributed by atoms with E-state index >= 15 is 0 Å². The number of hydrogen-bond donors (Lipinski definition) is 2. The topological polar surface area (TPSA) is 115 Å². The molecule has 0 saturated heterocycles. The summed E-state index contributed by atoms with van der Waals surface area (Å²) in [7, 11) is 0. The van der Waals surface area contributed by atoms with Crippen LogP contribution in [0.2, 0.25) is 0 Å². The van der Waals surface area contributed by atoms with Crippen LogP contribution in [0.3, 0.4) is 0 Å². The maximum Gasteiger partial charge on any atom is 0.236 e. The van der Waals surface area contributed by atoms with E-state index in [4.69, 9.17) is 0 Å². The number of anilines is 2. The molecule has 0 bridgehead atoms. The fraction of sp³-hybridized carbons (Fsp3) is 0.217. The zero-order chi connectivity index (χ0) is 23.6. The van der Waals surface area contributed by atoms with Gasteiger partial charge >= 0.3 is 0 Å². The van der Waals surface area contributed by atoms with Crippen LogP contribution in [-0.2, 0) is 21.5 Å². The van der Waals surface area contributed by atoms with Crippen LogP contribution in [0.15, 0.2) is 36.5 Å². The molecule has 2 aliphatic heterocycles. The van der Waals surface area contributed by atoms with E-state index in [1.165, 1.54) is 16.8 Å². The molecule has 1 aromatic carbocycles. The van der Waals surface area contributed by atoms with E-state index in [0.29, 0.717) is 28.6 Å². The van der Waals surface area contributed by atoms with Gasteiger partial charge in [-0.1, -0.05) is 18.2 Å². The standard InChI is InChI=1S/C23H17F2N7O2/c1-23-7-6-15(33)27-18-16(23)19(30-22(23)34)29-20(28-18)17-13-8-12(24)9-26-21(13)32(31-17)10-11-4-2-3-5-14(11)25/h2-5,8-9H,6-7,10H2,1H3,(H2,27,28,29,30,33,34)/t23-/m0/s1. The Kier molecular flexibility index (Phi) is 4.25. The molecule has 0 spiro atoms. The van der Waals surface area contributed by atoms with Crippen molar-refractivity contribution in [2.45, 2.75) is 31.7 Å². The predicted octanol–water partition coefficient (Wildman–Crippen LogP) is 3.16. The number of hydrogen-bond acceptors (Lipinski definition) is 6. The average molecular weight is 461 g/mol. The molecule has 0 saturated carbocycles. The third-order valence-corrected chi connectivity index (χ3v) is 6.35. The number of rotatable bonds is 3. The van der Waals surface area contributed by atoms with E-state index in [-0.39, 0.29) is 47.9 Å². The Hall–Kier alpha value is -4.28. The molecule has 5 heterocycles. The van der Waals surface area contributed by atoms with Crippen LogP contribution in [0, 0.1) is 11.6 Å². The Morgan fingerprint density at radius 1 is 1.12 bits per heavy atom. The summed E-state index contributed by atoms with van der Waals surface area (Å²) < 4.78 is 29.9. The molecule has 0 radical (unpaired) electrons. The quantitative estimate of drug-likeness (QED) is 0.484. The van der Waals surface area contributed by atoms with Crippen LogP contribution in [0.5, 0.6) is 0 Å². The van der Waals surface area contributed by atoms with Crippen molar-refractivity contribution in [3.63, 3.8) is 0 Å². The molecule has 2 amide bonds. The van der Waals surface area contributed by atoms with E-state index in [2.05, 4.69) is 30.7 Å². The van der Waals surface area contributed by atoms with Crippen molar-refractivity contribution in [2.75, 3.05) is 10.6 Å². The highest BCUT2D eigenvalue weighted by Crippen LogP contribution is 2.46. The van der Waals surface area contributed by atoms with Crippen LogP contribution in [0.4, 0.5) is 20.4 Å². The Bertz CT molecular complexity index is 1530. The van der Waals surface area contributed by atoms with E-state index < -0.39 is 17.0 Å². The maximum atomic E-state index is 14.3. The lowest BCUT2D eigenvalue weighted by atomic mass is 9.81. The van der Waals surface area contributed by atoms with Gasteiger partial charge in [0.25, 0.3) is 0 Å². The Labute approximate surface area is 191 Å². The van der Waals surface area contributed by atoms with Gasteiger partial charge < -0.3 is 10.6 Å². The number of halogens is 2. The normalized spacial score (nSPS) is 19.0. The predicted molar refractivity (Wildman–Crippen MR) is 118 cm³/mol. The Morgan fingerprint density at radius 2 is 1.88 bits per heavy atom. The van der Waals surface area contributed by atoms with Crippen molar-refractivity contribution in [3.8, 4) is 11.5 Å². The molecular weight excluding hydrogens is 444 g/mol. The third-order valence-electron chi connectivity index (χ3n) is 6.35. The second-order valence-electron chi connectivity index (χ2n) is 8.58. The average Bonchev–Trinajstić information content (AvgIpc) is 3.23. The van der Waals surface area contributed by atoms with Gasteiger partial charge in [0.2, 0.25) is 11.8 Å². The minimum absolute atomic E-state index is 0.0468. The van der Waals surface area contributed by atoms with Gasteiger partial charge in [-0.25, -0.2) is 28.4 Å². The summed E-state index contributed by atoms with van der Waals surface area (Å²) in [5.41, 5.74) is 0.460. The molecule has 34 heavy (non-hydrogen) atoms. The third kappa shape index (κ3) is 2.96. The van der Waals surface area contributed by atoms with Crippen molar-refractivity contribution in [3.05, 3.63) is 59.3 Å². The molecule has 3 aromatic heterocycles. The van der Waals surface area contributed by atoms with Crippen LogP contribution >= 0.6 is 0 Å². The highest BCUT2D eigenvalue weighted by molar-refractivity contribution is 6.09. The van der Waals surface area contributed by atoms with Crippen LogP contribution in [0.1, 0.15) is 30.9 Å². The number of pyridine rings is 1. The first kappa shape index (κ1) is 20.3. The molecule has 6 rings (SSSR count). The summed E-state index contributed by atoms with van der Waals surface area (Å²) in [6.07, 6.45) is 1.53. The van der Waals surface area contributed by atoms with Gasteiger partial charge in [0.1, 0.15) is 29.0 Å². The van der Waals surface area contributed by atoms with Gasteiger partial charge in [-0.3, -0.25) is 9.59 Å². The summed E-state index contributed by atoms with van der Waals surface area (Å²) in [4.78, 5) is 38.2. The second kappa shape index (κ2) is 7.11. The van der Waals surface area contributed by atoms with E-state index in [0.717, 1.165) is 6.20 Å². The first-order valence-corrected chi connectivity index (χ1v) is 10.6. The summed E-state index contributed by atoms with van der Waals surface area (Å²) in [5, 5.41) is 10.4. The summed E-state index contributed by atoms with van der Waals surface area (Å²) in [6.45, 7) is 1.80. The molecule has 0 aliphatic carbocycles. The fourth-order valence-electron chi connectivity index (χ4n) is 4.52. The van der Waals surface area contributed by atoms with Gasteiger partial charge in [0.05, 0.1) is 29.1 Å². The van der Waals surface area contributed by atoms with Crippen LogP contribution in [-0.4, -0.2) is 36.5 Å². The van der Waals surface area contributed by atoms with Crippen LogP contribution in [0.25, 0.3) is 22.6 Å². The number of carbonyl (C=O) groups is 2. The van der Waals surface area contributed by atoms with Gasteiger partial charge in [-0.05, 0) is 25.5 Å². The Balaban J connectivity index is 1.55. The lowest BCUT2D eigenvalue weighted by molar-refractivity contribution is -0.121. The van der Waals surface area contributed by atoms with Crippen LogP contribution < -0.4 is 10.6 Å². The van der Waals surface area contributed by atoms with E-state index in [9.17, 15) is 18.4 Å². The van der Waals surface area contributed by atoms with Gasteiger partial charge in [-0.15, -0.1) is 0 Å². The molecule has 0 fully saturated rings. The van der Waals surface area contributed by atoms with E-state index in [1.54, 1.807) is 25.1 Å². The zero-order valence-corrected chi connectivity index (χ0v) is 17.9. The molecule has 4 aromatic rings. The number of amides is 2. The lowest BCUT2D eigenvalue weighted by Gasteiger charge is -2.19. The molecule has 0 unspecified atom stereocenters.